The molecule has 0 aliphatic heterocycles. The molecule has 1 atom stereocenters. The number of thiocarbonyl (C=S) groups is 1. The van der Waals surface area contributed by atoms with Gasteiger partial charge in [0.2, 0.25) is 0 Å². The standard InChI is InChI=1S/C16H23BrFN3OS/c1-3-4-5-6-11(2)10-19-16(23)21-20-15(22)13-9-12(17)7-8-14(13)18/h7-9,11H,3-6,10H2,1-2H3,(H,20,22)(H2,19,21,23)/t11-/m0/s1. The number of nitrogens with one attached hydrogen (secondary N) is 3. The maximum atomic E-state index is 13.6. The molecule has 128 valence electrons. The smallest absolute Gasteiger partial charge is 0.272 e. The highest BCUT2D eigenvalue weighted by molar-refractivity contribution is 9.10. The Morgan fingerprint density at radius 3 is 2.78 bits per heavy atom. The van der Waals surface area contributed by atoms with Crippen LogP contribution in [0.3, 0.4) is 0 Å². The van der Waals surface area contributed by atoms with Gasteiger partial charge in [0, 0.05) is 11.0 Å². The minimum Gasteiger partial charge on any atom is -0.361 e. The number of rotatable bonds is 7. The molecule has 0 saturated heterocycles. The van der Waals surface area contributed by atoms with Crippen LogP contribution >= 0.6 is 28.1 Å². The Morgan fingerprint density at radius 2 is 2.09 bits per heavy atom. The van der Waals surface area contributed by atoms with Gasteiger partial charge in [0.05, 0.1) is 5.56 Å². The molecule has 0 unspecified atom stereocenters. The summed E-state index contributed by atoms with van der Waals surface area (Å²) in [6.45, 7) is 5.07. The van der Waals surface area contributed by atoms with Gasteiger partial charge < -0.3 is 5.32 Å². The third kappa shape index (κ3) is 7.74. The average molecular weight is 404 g/mol. The lowest BCUT2D eigenvalue weighted by Crippen LogP contribution is -2.47. The quantitative estimate of drug-likeness (QED) is 0.367. The number of amides is 1. The molecular formula is C16H23BrFN3OS. The van der Waals surface area contributed by atoms with Gasteiger partial charge >= 0.3 is 0 Å². The van der Waals surface area contributed by atoms with Crippen LogP contribution in [0, 0.1) is 11.7 Å². The Bertz CT molecular complexity index is 542. The van der Waals surface area contributed by atoms with Crippen LogP contribution in [0.4, 0.5) is 4.39 Å². The average Bonchev–Trinajstić information content (AvgIpc) is 2.53. The lowest BCUT2D eigenvalue weighted by atomic mass is 10.0. The number of halogens is 2. The van der Waals surface area contributed by atoms with Gasteiger partial charge in [-0.2, -0.15) is 0 Å². The van der Waals surface area contributed by atoms with E-state index in [4.69, 9.17) is 12.2 Å². The van der Waals surface area contributed by atoms with Crippen molar-refractivity contribution >= 4 is 39.2 Å². The van der Waals surface area contributed by atoms with Crippen LogP contribution in [0.15, 0.2) is 22.7 Å². The summed E-state index contributed by atoms with van der Waals surface area (Å²) in [6, 6.07) is 4.18. The number of hydrogen-bond acceptors (Lipinski definition) is 2. The van der Waals surface area contributed by atoms with Gasteiger partial charge in [-0.05, 0) is 42.8 Å². The number of hydrazine groups is 1. The summed E-state index contributed by atoms with van der Waals surface area (Å²) in [6.07, 6.45) is 4.79. The number of carbonyl (C=O) groups is 1. The first-order valence-corrected chi connectivity index (χ1v) is 8.93. The van der Waals surface area contributed by atoms with E-state index < -0.39 is 11.7 Å². The predicted molar refractivity (Wildman–Crippen MR) is 98.6 cm³/mol. The Hall–Kier alpha value is -1.21. The zero-order valence-electron chi connectivity index (χ0n) is 13.4. The van der Waals surface area contributed by atoms with Crippen molar-refractivity contribution in [1.82, 2.24) is 16.2 Å². The van der Waals surface area contributed by atoms with Crippen molar-refractivity contribution in [3.63, 3.8) is 0 Å². The monoisotopic (exact) mass is 403 g/mol. The molecule has 0 aliphatic rings. The van der Waals surface area contributed by atoms with E-state index >= 15 is 0 Å². The molecule has 0 saturated carbocycles. The maximum absolute atomic E-state index is 13.6. The Morgan fingerprint density at radius 1 is 1.35 bits per heavy atom. The fraction of sp³-hybridized carbons (Fsp3) is 0.500. The molecule has 3 N–H and O–H groups in total. The summed E-state index contributed by atoms with van der Waals surface area (Å²) in [5.41, 5.74) is 4.93. The van der Waals surface area contributed by atoms with Crippen LogP contribution in [0.5, 0.6) is 0 Å². The first-order valence-electron chi connectivity index (χ1n) is 7.73. The van der Waals surface area contributed by atoms with Crippen LogP contribution < -0.4 is 16.2 Å². The molecule has 0 spiro atoms. The third-order valence-electron chi connectivity index (χ3n) is 3.37. The Kier molecular flexibility index (Phi) is 9.09. The van der Waals surface area contributed by atoms with Crippen molar-refractivity contribution in [2.45, 2.75) is 39.5 Å². The van der Waals surface area contributed by atoms with Gasteiger partial charge in [-0.1, -0.05) is 49.0 Å². The zero-order chi connectivity index (χ0) is 17.2. The number of hydrogen-bond donors (Lipinski definition) is 3. The Balaban J connectivity index is 2.32. The van der Waals surface area contributed by atoms with E-state index in [1.807, 2.05) is 0 Å². The summed E-state index contributed by atoms with van der Waals surface area (Å²) < 4.78 is 14.2. The summed E-state index contributed by atoms with van der Waals surface area (Å²) in [4.78, 5) is 11.9. The van der Waals surface area contributed by atoms with E-state index in [1.54, 1.807) is 0 Å². The van der Waals surface area contributed by atoms with Crippen molar-refractivity contribution in [3.8, 4) is 0 Å². The fourth-order valence-corrected chi connectivity index (χ4v) is 2.50. The topological polar surface area (TPSA) is 53.2 Å². The second-order valence-corrected chi connectivity index (χ2v) is 6.84. The highest BCUT2D eigenvalue weighted by Crippen LogP contribution is 2.15. The summed E-state index contributed by atoms with van der Waals surface area (Å²) in [5, 5.41) is 3.36. The summed E-state index contributed by atoms with van der Waals surface area (Å²) >= 11 is 8.30. The van der Waals surface area contributed by atoms with Crippen molar-refractivity contribution in [2.75, 3.05) is 6.54 Å². The number of unbranched alkanes of at least 4 members (excludes halogenated alkanes) is 2. The van der Waals surface area contributed by atoms with E-state index in [0.29, 0.717) is 15.5 Å². The number of benzene rings is 1. The van der Waals surface area contributed by atoms with Gasteiger partial charge in [-0.25, -0.2) is 4.39 Å². The fourth-order valence-electron chi connectivity index (χ4n) is 2.01. The lowest BCUT2D eigenvalue weighted by molar-refractivity contribution is 0.0939. The van der Waals surface area contributed by atoms with Crippen molar-refractivity contribution < 1.29 is 9.18 Å². The molecule has 0 aliphatic carbocycles. The molecule has 0 bridgehead atoms. The van der Waals surface area contributed by atoms with Gasteiger partial charge in [0.15, 0.2) is 5.11 Å². The molecule has 1 aromatic carbocycles. The maximum Gasteiger partial charge on any atom is 0.272 e. The minimum absolute atomic E-state index is 0.0531. The van der Waals surface area contributed by atoms with E-state index in [9.17, 15) is 9.18 Å². The van der Waals surface area contributed by atoms with Crippen LogP contribution in [-0.4, -0.2) is 17.6 Å². The van der Waals surface area contributed by atoms with E-state index in [0.717, 1.165) is 13.0 Å². The normalized spacial score (nSPS) is 11.7. The molecule has 0 radical (unpaired) electrons. The van der Waals surface area contributed by atoms with Gasteiger partial charge in [-0.15, -0.1) is 0 Å². The van der Waals surface area contributed by atoms with Crippen molar-refractivity contribution in [3.05, 3.63) is 34.1 Å². The highest BCUT2D eigenvalue weighted by Gasteiger charge is 2.12. The van der Waals surface area contributed by atoms with E-state index in [1.165, 1.54) is 37.5 Å². The third-order valence-corrected chi connectivity index (χ3v) is 4.11. The van der Waals surface area contributed by atoms with Crippen LogP contribution in [0.1, 0.15) is 49.9 Å². The van der Waals surface area contributed by atoms with Gasteiger partial charge in [-0.3, -0.25) is 15.6 Å². The summed E-state index contributed by atoms with van der Waals surface area (Å²) in [5.74, 6) is -0.667. The van der Waals surface area contributed by atoms with Crippen LogP contribution in [0.2, 0.25) is 0 Å². The van der Waals surface area contributed by atoms with Gasteiger partial charge in [0.25, 0.3) is 5.91 Å². The first-order chi connectivity index (χ1) is 10.9. The molecule has 0 aromatic heterocycles. The molecule has 0 heterocycles. The molecule has 23 heavy (non-hydrogen) atoms. The lowest BCUT2D eigenvalue weighted by Gasteiger charge is -2.15. The van der Waals surface area contributed by atoms with Crippen molar-refractivity contribution in [2.24, 2.45) is 5.92 Å². The predicted octanol–water partition coefficient (Wildman–Crippen LogP) is 3.91. The second kappa shape index (κ2) is 10.5. The molecule has 7 heteroatoms. The van der Waals surface area contributed by atoms with Crippen molar-refractivity contribution in [1.29, 1.82) is 0 Å². The first kappa shape index (κ1) is 19.8. The molecular weight excluding hydrogens is 381 g/mol. The minimum atomic E-state index is -0.587. The second-order valence-electron chi connectivity index (χ2n) is 5.51. The number of carbonyl (C=O) groups excluding carboxylic acids is 1. The van der Waals surface area contributed by atoms with Crippen LogP contribution in [-0.2, 0) is 0 Å². The molecule has 1 rings (SSSR count). The SMILES string of the molecule is CCCCC[C@H](C)CNC(=S)NNC(=O)c1cc(Br)ccc1F. The Labute approximate surface area is 150 Å². The molecule has 0 fully saturated rings. The largest absolute Gasteiger partial charge is 0.361 e. The molecule has 4 nitrogen and oxygen atoms in total. The van der Waals surface area contributed by atoms with E-state index in [2.05, 4.69) is 45.9 Å². The molecule has 1 amide bonds. The molecule has 1 aromatic rings. The summed E-state index contributed by atoms with van der Waals surface area (Å²) in [7, 11) is 0. The zero-order valence-corrected chi connectivity index (χ0v) is 15.8. The highest BCUT2D eigenvalue weighted by atomic mass is 79.9. The van der Waals surface area contributed by atoms with Gasteiger partial charge in [0.1, 0.15) is 5.82 Å². The van der Waals surface area contributed by atoms with E-state index in [-0.39, 0.29) is 5.56 Å². The van der Waals surface area contributed by atoms with Crippen LogP contribution in [0.25, 0.3) is 0 Å².